The molecule has 1 heterocycles. The van der Waals surface area contributed by atoms with E-state index in [1.54, 1.807) is 20.0 Å². The molecule has 0 amide bonds. The third kappa shape index (κ3) is 2.91. The second kappa shape index (κ2) is 5.29. The third-order valence-electron chi connectivity index (χ3n) is 2.19. The molecule has 0 saturated carbocycles. The van der Waals surface area contributed by atoms with Crippen LogP contribution in [0.4, 0.5) is 0 Å². The van der Waals surface area contributed by atoms with Gasteiger partial charge in [0.25, 0.3) is 0 Å². The molecule has 0 atom stereocenters. The largest absolute Gasteiger partial charge is 0.463 e. The van der Waals surface area contributed by atoms with E-state index in [0.717, 1.165) is 11.3 Å². The molecule has 1 aromatic rings. The summed E-state index contributed by atoms with van der Waals surface area (Å²) in [6.45, 7) is 5.81. The molecule has 0 N–H and O–H groups in total. The molecule has 0 aliphatic rings. The number of ether oxygens (including phenoxy) is 1. The third-order valence-corrected chi connectivity index (χ3v) is 2.19. The smallest absolute Gasteiger partial charge is 0.334 e. The van der Waals surface area contributed by atoms with Crippen molar-refractivity contribution in [2.75, 3.05) is 6.61 Å². The summed E-state index contributed by atoms with van der Waals surface area (Å²) in [5, 5.41) is 0. The number of nitrogens with zero attached hydrogens (tertiary/aromatic N) is 1. The van der Waals surface area contributed by atoms with Crippen LogP contribution in [0.5, 0.6) is 0 Å². The van der Waals surface area contributed by atoms with Crippen molar-refractivity contribution >= 4 is 11.5 Å². The van der Waals surface area contributed by atoms with Gasteiger partial charge in [-0.1, -0.05) is 6.07 Å². The molecule has 15 heavy (non-hydrogen) atoms. The quantitative estimate of drug-likeness (QED) is 0.562. The van der Waals surface area contributed by atoms with Gasteiger partial charge in [-0.3, -0.25) is 4.98 Å². The predicted octanol–water partition coefficient (Wildman–Crippen LogP) is 2.44. The van der Waals surface area contributed by atoms with E-state index in [1.165, 1.54) is 0 Å². The molecular formula is C12H15NO2. The number of carbonyl (C=O) groups excluding carboxylic acids is 1. The van der Waals surface area contributed by atoms with Crippen molar-refractivity contribution < 1.29 is 9.53 Å². The zero-order valence-corrected chi connectivity index (χ0v) is 9.28. The lowest BCUT2D eigenvalue weighted by Crippen LogP contribution is -2.07. The van der Waals surface area contributed by atoms with Crippen LogP contribution in [0, 0.1) is 0 Å². The van der Waals surface area contributed by atoms with Crippen LogP contribution in [0.1, 0.15) is 26.5 Å². The molecule has 0 unspecified atom stereocenters. The Labute approximate surface area is 89.8 Å². The average Bonchev–Trinajstić information content (AvgIpc) is 2.28. The number of carbonyl (C=O) groups is 1. The van der Waals surface area contributed by atoms with Crippen LogP contribution in [0.2, 0.25) is 0 Å². The predicted molar refractivity (Wildman–Crippen MR) is 59.1 cm³/mol. The lowest BCUT2D eigenvalue weighted by Gasteiger charge is -2.06. The maximum absolute atomic E-state index is 11.4. The van der Waals surface area contributed by atoms with Gasteiger partial charge < -0.3 is 4.74 Å². The van der Waals surface area contributed by atoms with E-state index in [-0.39, 0.29) is 5.97 Å². The molecule has 0 spiro atoms. The van der Waals surface area contributed by atoms with Crippen molar-refractivity contribution in [1.29, 1.82) is 0 Å². The van der Waals surface area contributed by atoms with Gasteiger partial charge in [0, 0.05) is 11.8 Å². The van der Waals surface area contributed by atoms with E-state index in [1.807, 2.05) is 25.1 Å². The summed E-state index contributed by atoms with van der Waals surface area (Å²) in [6.07, 6.45) is 1.71. The van der Waals surface area contributed by atoms with E-state index in [9.17, 15) is 4.79 Å². The van der Waals surface area contributed by atoms with Crippen LogP contribution in [0.25, 0.3) is 5.57 Å². The molecule has 0 aliphatic carbocycles. The highest BCUT2D eigenvalue weighted by atomic mass is 16.5. The van der Waals surface area contributed by atoms with Gasteiger partial charge in [0.1, 0.15) is 0 Å². The van der Waals surface area contributed by atoms with Crippen LogP contribution >= 0.6 is 0 Å². The fourth-order valence-corrected chi connectivity index (χ4v) is 1.17. The van der Waals surface area contributed by atoms with Gasteiger partial charge in [-0.05, 0) is 38.5 Å². The zero-order valence-electron chi connectivity index (χ0n) is 9.28. The number of hydrogen-bond acceptors (Lipinski definition) is 3. The van der Waals surface area contributed by atoms with Crippen molar-refractivity contribution in [2.24, 2.45) is 0 Å². The first-order chi connectivity index (χ1) is 7.16. The monoisotopic (exact) mass is 205 g/mol. The Hall–Kier alpha value is -1.64. The van der Waals surface area contributed by atoms with E-state index in [0.29, 0.717) is 12.2 Å². The first-order valence-corrected chi connectivity index (χ1v) is 4.92. The summed E-state index contributed by atoms with van der Waals surface area (Å²) in [5.41, 5.74) is 2.27. The zero-order chi connectivity index (χ0) is 11.3. The van der Waals surface area contributed by atoms with Crippen molar-refractivity contribution in [3.05, 3.63) is 35.7 Å². The Balaban J connectivity index is 2.95. The molecule has 3 heteroatoms. The highest BCUT2D eigenvalue weighted by Crippen LogP contribution is 2.16. The first-order valence-electron chi connectivity index (χ1n) is 4.92. The standard InChI is InChI=1S/C12H15NO2/c1-4-15-12(14)10(3)9(2)11-7-5-6-8-13-11/h5-8H,4H2,1-3H3/b10-9-. The molecule has 0 fully saturated rings. The van der Waals surface area contributed by atoms with Gasteiger partial charge in [0.2, 0.25) is 0 Å². The average molecular weight is 205 g/mol. The molecule has 0 bridgehead atoms. The first kappa shape index (κ1) is 11.4. The highest BCUT2D eigenvalue weighted by Gasteiger charge is 2.10. The number of pyridine rings is 1. The molecule has 0 saturated heterocycles. The maximum Gasteiger partial charge on any atom is 0.334 e. The van der Waals surface area contributed by atoms with E-state index >= 15 is 0 Å². The van der Waals surface area contributed by atoms with Gasteiger partial charge in [-0.15, -0.1) is 0 Å². The van der Waals surface area contributed by atoms with E-state index in [4.69, 9.17) is 4.74 Å². The molecular weight excluding hydrogens is 190 g/mol. The lowest BCUT2D eigenvalue weighted by molar-refractivity contribution is -0.138. The minimum absolute atomic E-state index is 0.277. The Morgan fingerprint density at radius 3 is 2.67 bits per heavy atom. The number of allylic oxidation sites excluding steroid dienone is 1. The Morgan fingerprint density at radius 2 is 2.13 bits per heavy atom. The second-order valence-corrected chi connectivity index (χ2v) is 3.19. The Morgan fingerprint density at radius 1 is 1.40 bits per heavy atom. The summed E-state index contributed by atoms with van der Waals surface area (Å²) < 4.78 is 4.92. The molecule has 0 radical (unpaired) electrons. The fourth-order valence-electron chi connectivity index (χ4n) is 1.17. The van der Waals surface area contributed by atoms with Gasteiger partial charge in [0.05, 0.1) is 12.3 Å². The minimum Gasteiger partial charge on any atom is -0.463 e. The van der Waals surface area contributed by atoms with Gasteiger partial charge >= 0.3 is 5.97 Å². The number of hydrogen-bond donors (Lipinski definition) is 0. The molecule has 1 rings (SSSR count). The van der Waals surface area contributed by atoms with Gasteiger partial charge in [-0.25, -0.2) is 4.79 Å². The minimum atomic E-state index is -0.277. The maximum atomic E-state index is 11.4. The Bertz CT molecular complexity index is 368. The highest BCUT2D eigenvalue weighted by molar-refractivity contribution is 5.96. The van der Waals surface area contributed by atoms with Crippen LogP contribution in [-0.2, 0) is 9.53 Å². The van der Waals surface area contributed by atoms with Crippen molar-refractivity contribution in [3.63, 3.8) is 0 Å². The fraction of sp³-hybridized carbons (Fsp3) is 0.333. The summed E-state index contributed by atoms with van der Waals surface area (Å²) in [5.74, 6) is -0.277. The number of esters is 1. The number of aromatic nitrogens is 1. The molecule has 80 valence electrons. The summed E-state index contributed by atoms with van der Waals surface area (Å²) in [6, 6.07) is 5.61. The van der Waals surface area contributed by atoms with E-state index < -0.39 is 0 Å². The molecule has 3 nitrogen and oxygen atoms in total. The summed E-state index contributed by atoms with van der Waals surface area (Å²) in [4.78, 5) is 15.6. The summed E-state index contributed by atoms with van der Waals surface area (Å²) in [7, 11) is 0. The van der Waals surface area contributed by atoms with Crippen LogP contribution in [-0.4, -0.2) is 17.6 Å². The van der Waals surface area contributed by atoms with Crippen LogP contribution in [0.15, 0.2) is 30.0 Å². The molecule has 0 aliphatic heterocycles. The van der Waals surface area contributed by atoms with E-state index in [2.05, 4.69) is 4.98 Å². The number of rotatable bonds is 3. The molecule has 0 aromatic carbocycles. The van der Waals surface area contributed by atoms with Crippen molar-refractivity contribution in [3.8, 4) is 0 Å². The normalized spacial score (nSPS) is 11.9. The van der Waals surface area contributed by atoms with Crippen molar-refractivity contribution in [2.45, 2.75) is 20.8 Å². The van der Waals surface area contributed by atoms with Gasteiger partial charge in [0.15, 0.2) is 0 Å². The SMILES string of the molecule is CCOC(=O)/C(C)=C(/C)c1ccccn1. The van der Waals surface area contributed by atoms with Gasteiger partial charge in [-0.2, -0.15) is 0 Å². The van der Waals surface area contributed by atoms with Crippen molar-refractivity contribution in [1.82, 2.24) is 4.98 Å². The van der Waals surface area contributed by atoms with Crippen LogP contribution < -0.4 is 0 Å². The topological polar surface area (TPSA) is 39.2 Å². The Kier molecular flexibility index (Phi) is 4.03. The summed E-state index contributed by atoms with van der Waals surface area (Å²) >= 11 is 0. The van der Waals surface area contributed by atoms with Crippen LogP contribution in [0.3, 0.4) is 0 Å². The molecule has 1 aromatic heterocycles. The lowest BCUT2D eigenvalue weighted by atomic mass is 10.1. The second-order valence-electron chi connectivity index (χ2n) is 3.19.